The van der Waals surface area contributed by atoms with Gasteiger partial charge in [0.25, 0.3) is 5.91 Å². The van der Waals surface area contributed by atoms with Crippen molar-refractivity contribution in [1.29, 1.82) is 0 Å². The van der Waals surface area contributed by atoms with E-state index in [0.29, 0.717) is 12.2 Å². The van der Waals surface area contributed by atoms with Crippen molar-refractivity contribution < 1.29 is 4.79 Å². The van der Waals surface area contributed by atoms with Crippen LogP contribution in [0.15, 0.2) is 34.1 Å². The zero-order valence-corrected chi connectivity index (χ0v) is 11.6. The Balaban J connectivity index is 1.99. The molecule has 17 heavy (non-hydrogen) atoms. The summed E-state index contributed by atoms with van der Waals surface area (Å²) in [5.41, 5.74) is 1.53. The number of amides is 1. The normalized spacial score (nSPS) is 10.2. The molecule has 0 unspecified atom stereocenters. The summed E-state index contributed by atoms with van der Waals surface area (Å²) in [5.74, 6) is -0.134. The molecular formula is C12H11BrN2OS. The summed E-state index contributed by atoms with van der Waals surface area (Å²) < 4.78 is 0.995. The second-order valence-electron chi connectivity index (χ2n) is 3.53. The molecule has 0 spiro atoms. The molecule has 0 atom stereocenters. The Bertz CT molecular complexity index is 539. The van der Waals surface area contributed by atoms with Gasteiger partial charge in [0.2, 0.25) is 0 Å². The summed E-state index contributed by atoms with van der Waals surface area (Å²) in [6.45, 7) is 2.38. The van der Waals surface area contributed by atoms with Crippen LogP contribution in [0.2, 0.25) is 0 Å². The SMILES string of the molecule is Cc1nc(C(=O)NCc2ccccc2Br)cs1. The monoisotopic (exact) mass is 310 g/mol. The Morgan fingerprint density at radius 3 is 2.88 bits per heavy atom. The van der Waals surface area contributed by atoms with E-state index >= 15 is 0 Å². The highest BCUT2D eigenvalue weighted by atomic mass is 79.9. The Labute approximate surface area is 112 Å². The van der Waals surface area contributed by atoms with Gasteiger partial charge in [-0.1, -0.05) is 34.1 Å². The van der Waals surface area contributed by atoms with Crippen molar-refractivity contribution in [2.24, 2.45) is 0 Å². The average Bonchev–Trinajstić information content (AvgIpc) is 2.74. The van der Waals surface area contributed by atoms with Gasteiger partial charge >= 0.3 is 0 Å². The number of aryl methyl sites for hydroxylation is 1. The lowest BCUT2D eigenvalue weighted by Crippen LogP contribution is -2.23. The number of carbonyl (C=O) groups excluding carboxylic acids is 1. The number of hydrogen-bond donors (Lipinski definition) is 1. The minimum Gasteiger partial charge on any atom is -0.347 e. The van der Waals surface area contributed by atoms with Gasteiger partial charge in [-0.25, -0.2) is 4.98 Å². The van der Waals surface area contributed by atoms with E-state index in [2.05, 4.69) is 26.2 Å². The quantitative estimate of drug-likeness (QED) is 0.946. The topological polar surface area (TPSA) is 42.0 Å². The van der Waals surface area contributed by atoms with Gasteiger partial charge in [0, 0.05) is 16.4 Å². The van der Waals surface area contributed by atoms with Crippen LogP contribution in [0.5, 0.6) is 0 Å². The molecule has 5 heteroatoms. The molecule has 0 aliphatic heterocycles. The molecule has 1 amide bonds. The fraction of sp³-hybridized carbons (Fsp3) is 0.167. The first-order valence-electron chi connectivity index (χ1n) is 5.10. The molecule has 2 rings (SSSR count). The fourth-order valence-corrected chi connectivity index (χ4v) is 2.39. The number of thiazole rings is 1. The highest BCUT2D eigenvalue weighted by molar-refractivity contribution is 9.10. The van der Waals surface area contributed by atoms with Gasteiger partial charge < -0.3 is 5.32 Å². The first-order chi connectivity index (χ1) is 8.16. The standard InChI is InChI=1S/C12H11BrN2OS/c1-8-15-11(7-17-8)12(16)14-6-9-4-2-3-5-10(9)13/h2-5,7H,6H2,1H3,(H,14,16). The van der Waals surface area contributed by atoms with E-state index in [1.165, 1.54) is 11.3 Å². The summed E-state index contributed by atoms with van der Waals surface area (Å²) in [6, 6.07) is 7.81. The number of halogens is 1. The second kappa shape index (κ2) is 5.42. The van der Waals surface area contributed by atoms with Crippen LogP contribution in [0, 0.1) is 6.92 Å². The second-order valence-corrected chi connectivity index (χ2v) is 5.44. The molecule has 1 aromatic carbocycles. The third-order valence-corrected chi connectivity index (χ3v) is 3.80. The molecule has 1 N–H and O–H groups in total. The molecule has 0 saturated carbocycles. The van der Waals surface area contributed by atoms with Crippen LogP contribution in [-0.4, -0.2) is 10.9 Å². The van der Waals surface area contributed by atoms with E-state index in [9.17, 15) is 4.79 Å². The highest BCUT2D eigenvalue weighted by Gasteiger charge is 2.09. The molecule has 2 aromatic rings. The van der Waals surface area contributed by atoms with Crippen molar-refractivity contribution in [3.05, 3.63) is 50.4 Å². The minimum atomic E-state index is -0.134. The first kappa shape index (κ1) is 12.3. The van der Waals surface area contributed by atoms with E-state index in [0.717, 1.165) is 15.0 Å². The lowest BCUT2D eigenvalue weighted by molar-refractivity contribution is 0.0946. The maximum absolute atomic E-state index is 11.8. The zero-order chi connectivity index (χ0) is 12.3. The third kappa shape index (κ3) is 3.14. The van der Waals surface area contributed by atoms with Gasteiger partial charge in [-0.15, -0.1) is 11.3 Å². The van der Waals surface area contributed by atoms with Gasteiger partial charge in [-0.05, 0) is 18.6 Å². The molecule has 0 aliphatic carbocycles. The largest absolute Gasteiger partial charge is 0.347 e. The number of benzene rings is 1. The van der Waals surface area contributed by atoms with Crippen LogP contribution in [0.1, 0.15) is 21.1 Å². The van der Waals surface area contributed by atoms with Crippen LogP contribution >= 0.6 is 27.3 Å². The van der Waals surface area contributed by atoms with Crippen molar-refractivity contribution in [2.45, 2.75) is 13.5 Å². The van der Waals surface area contributed by atoms with E-state index in [1.54, 1.807) is 5.38 Å². The Morgan fingerprint density at radius 1 is 1.47 bits per heavy atom. The summed E-state index contributed by atoms with van der Waals surface area (Å²) in [4.78, 5) is 15.9. The van der Waals surface area contributed by atoms with Crippen LogP contribution in [0.3, 0.4) is 0 Å². The smallest absolute Gasteiger partial charge is 0.271 e. The molecular weight excluding hydrogens is 300 g/mol. The summed E-state index contributed by atoms with van der Waals surface area (Å²) >= 11 is 4.92. The molecule has 0 fully saturated rings. The Morgan fingerprint density at radius 2 is 2.24 bits per heavy atom. The average molecular weight is 311 g/mol. The van der Waals surface area contributed by atoms with Crippen molar-refractivity contribution in [3.63, 3.8) is 0 Å². The molecule has 0 radical (unpaired) electrons. The van der Waals surface area contributed by atoms with Crippen molar-refractivity contribution in [1.82, 2.24) is 10.3 Å². The number of nitrogens with zero attached hydrogens (tertiary/aromatic N) is 1. The van der Waals surface area contributed by atoms with Crippen molar-refractivity contribution in [2.75, 3.05) is 0 Å². The molecule has 0 bridgehead atoms. The van der Waals surface area contributed by atoms with Gasteiger partial charge in [0.05, 0.1) is 5.01 Å². The Kier molecular flexibility index (Phi) is 3.91. The maximum atomic E-state index is 11.8. The molecule has 0 saturated heterocycles. The van der Waals surface area contributed by atoms with Crippen LogP contribution < -0.4 is 5.32 Å². The molecule has 1 heterocycles. The van der Waals surface area contributed by atoms with E-state index < -0.39 is 0 Å². The van der Waals surface area contributed by atoms with Gasteiger partial charge in [0.15, 0.2) is 0 Å². The maximum Gasteiger partial charge on any atom is 0.271 e. The van der Waals surface area contributed by atoms with Crippen LogP contribution in [-0.2, 0) is 6.54 Å². The summed E-state index contributed by atoms with van der Waals surface area (Å²) in [7, 11) is 0. The van der Waals surface area contributed by atoms with E-state index in [4.69, 9.17) is 0 Å². The van der Waals surface area contributed by atoms with Gasteiger partial charge in [-0.2, -0.15) is 0 Å². The molecule has 0 aliphatic rings. The zero-order valence-electron chi connectivity index (χ0n) is 9.24. The predicted octanol–water partition coefficient (Wildman–Crippen LogP) is 3.14. The number of aromatic nitrogens is 1. The first-order valence-corrected chi connectivity index (χ1v) is 6.78. The Hall–Kier alpha value is -1.20. The van der Waals surface area contributed by atoms with Gasteiger partial charge in [0.1, 0.15) is 5.69 Å². The van der Waals surface area contributed by atoms with Crippen LogP contribution in [0.25, 0.3) is 0 Å². The molecule has 3 nitrogen and oxygen atoms in total. The minimum absolute atomic E-state index is 0.134. The number of rotatable bonds is 3. The van der Waals surface area contributed by atoms with E-state index in [-0.39, 0.29) is 5.91 Å². The fourth-order valence-electron chi connectivity index (χ4n) is 1.38. The molecule has 88 valence electrons. The van der Waals surface area contributed by atoms with Crippen molar-refractivity contribution >= 4 is 33.2 Å². The van der Waals surface area contributed by atoms with Gasteiger partial charge in [-0.3, -0.25) is 4.79 Å². The summed E-state index contributed by atoms with van der Waals surface area (Å²) in [5, 5.41) is 5.51. The summed E-state index contributed by atoms with van der Waals surface area (Å²) in [6.07, 6.45) is 0. The number of nitrogens with one attached hydrogen (secondary N) is 1. The predicted molar refractivity (Wildman–Crippen MR) is 72.2 cm³/mol. The molecule has 1 aromatic heterocycles. The van der Waals surface area contributed by atoms with Crippen molar-refractivity contribution in [3.8, 4) is 0 Å². The lowest BCUT2D eigenvalue weighted by atomic mass is 10.2. The number of carbonyl (C=O) groups is 1. The van der Waals surface area contributed by atoms with E-state index in [1.807, 2.05) is 31.2 Å². The third-order valence-electron chi connectivity index (χ3n) is 2.25. The number of hydrogen-bond acceptors (Lipinski definition) is 3. The van der Waals surface area contributed by atoms with Crippen LogP contribution in [0.4, 0.5) is 0 Å². The lowest BCUT2D eigenvalue weighted by Gasteiger charge is -2.05. The highest BCUT2D eigenvalue weighted by Crippen LogP contribution is 2.15.